The minimum absolute atomic E-state index is 1.05. The quantitative estimate of drug-likeness (QED) is 0.625. The maximum Gasteiger partial charge on any atom is 0.0899 e. The minimum atomic E-state index is 1.05. The molecule has 10 heavy (non-hydrogen) atoms. The SMILES string of the molecule is c1cc2c(pp1)NCCN2. The molecule has 0 bridgehead atoms. The first kappa shape index (κ1) is 6.39. The van der Waals surface area contributed by atoms with Crippen molar-refractivity contribution in [3.05, 3.63) is 11.9 Å². The third kappa shape index (κ3) is 1.10. The van der Waals surface area contributed by atoms with Crippen LogP contribution < -0.4 is 10.6 Å². The van der Waals surface area contributed by atoms with Crippen molar-refractivity contribution >= 4 is 26.8 Å². The van der Waals surface area contributed by atoms with Crippen molar-refractivity contribution in [3.63, 3.8) is 0 Å². The fraction of sp³-hybridized carbons (Fsp3) is 0.333. The molecule has 0 aromatic carbocycles. The van der Waals surface area contributed by atoms with Crippen molar-refractivity contribution < 1.29 is 0 Å². The lowest BCUT2D eigenvalue weighted by Gasteiger charge is -2.17. The van der Waals surface area contributed by atoms with Crippen LogP contribution in [0, 0.1) is 0 Å². The van der Waals surface area contributed by atoms with E-state index in [2.05, 4.69) is 22.5 Å². The first-order valence-electron chi connectivity index (χ1n) is 3.26. The van der Waals surface area contributed by atoms with Crippen molar-refractivity contribution in [2.45, 2.75) is 0 Å². The highest BCUT2D eigenvalue weighted by Crippen LogP contribution is 2.37. The van der Waals surface area contributed by atoms with E-state index in [0.717, 1.165) is 13.1 Å². The molecule has 1 aromatic heterocycles. The molecule has 0 atom stereocenters. The van der Waals surface area contributed by atoms with Crippen LogP contribution in [0.25, 0.3) is 0 Å². The molecule has 0 amide bonds. The summed E-state index contributed by atoms with van der Waals surface area (Å²) in [5.74, 6) is 2.18. The van der Waals surface area contributed by atoms with Gasteiger partial charge in [0.1, 0.15) is 0 Å². The van der Waals surface area contributed by atoms with Gasteiger partial charge in [-0.1, -0.05) is 0 Å². The standard InChI is InChI=1S/C6H8N2P2/c1-4-9-10-6-5(1)7-2-3-8-6/h1,4,7-8H,2-3H2. The molecule has 0 spiro atoms. The topological polar surface area (TPSA) is 24.1 Å². The van der Waals surface area contributed by atoms with E-state index >= 15 is 0 Å². The van der Waals surface area contributed by atoms with Gasteiger partial charge in [0.05, 0.1) is 11.1 Å². The van der Waals surface area contributed by atoms with Gasteiger partial charge in [0.2, 0.25) is 0 Å². The van der Waals surface area contributed by atoms with Gasteiger partial charge in [0, 0.05) is 13.1 Å². The Kier molecular flexibility index (Phi) is 1.75. The monoisotopic (exact) mass is 170 g/mol. The average Bonchev–Trinajstić information content (AvgIpc) is 2.05. The summed E-state index contributed by atoms with van der Waals surface area (Å²) >= 11 is 0. The zero-order valence-corrected chi connectivity index (χ0v) is 7.25. The lowest BCUT2D eigenvalue weighted by Crippen LogP contribution is -2.19. The third-order valence-electron chi connectivity index (χ3n) is 1.45. The second-order valence-electron chi connectivity index (χ2n) is 2.15. The molecule has 52 valence electrons. The summed E-state index contributed by atoms with van der Waals surface area (Å²) < 4.78 is 0. The summed E-state index contributed by atoms with van der Waals surface area (Å²) in [6.07, 6.45) is 0. The molecule has 2 N–H and O–H groups in total. The molecule has 1 aromatic rings. The Bertz CT molecular complexity index is 214. The summed E-state index contributed by atoms with van der Waals surface area (Å²) in [7, 11) is 2.76. The molecule has 0 fully saturated rings. The van der Waals surface area contributed by atoms with Gasteiger partial charge in [0.15, 0.2) is 0 Å². The van der Waals surface area contributed by atoms with E-state index < -0.39 is 0 Å². The van der Waals surface area contributed by atoms with Gasteiger partial charge in [-0.05, 0) is 27.6 Å². The van der Waals surface area contributed by atoms with Gasteiger partial charge in [-0.3, -0.25) is 0 Å². The number of nitrogens with one attached hydrogen (secondary N) is 2. The van der Waals surface area contributed by atoms with Gasteiger partial charge in [-0.25, -0.2) is 0 Å². The van der Waals surface area contributed by atoms with E-state index in [9.17, 15) is 0 Å². The maximum absolute atomic E-state index is 3.37. The van der Waals surface area contributed by atoms with Gasteiger partial charge >= 0.3 is 0 Å². The van der Waals surface area contributed by atoms with Gasteiger partial charge in [0.25, 0.3) is 0 Å². The molecule has 0 aliphatic carbocycles. The largest absolute Gasteiger partial charge is 0.381 e. The Hall–Kier alpha value is -0.320. The Morgan fingerprint density at radius 1 is 1.30 bits per heavy atom. The average molecular weight is 170 g/mol. The van der Waals surface area contributed by atoms with Crippen molar-refractivity contribution in [1.29, 1.82) is 0 Å². The lowest BCUT2D eigenvalue weighted by atomic mass is 10.4. The number of hydrogen-bond donors (Lipinski definition) is 2. The van der Waals surface area contributed by atoms with E-state index in [1.807, 2.05) is 0 Å². The second-order valence-corrected chi connectivity index (χ2v) is 4.62. The number of fused-ring (bicyclic) bond motifs is 1. The highest BCUT2D eigenvalue weighted by molar-refractivity contribution is 7.91. The number of hydrogen-bond acceptors (Lipinski definition) is 2. The van der Waals surface area contributed by atoms with Crippen molar-refractivity contribution in [3.8, 4) is 0 Å². The summed E-state index contributed by atoms with van der Waals surface area (Å²) in [5, 5.41) is 6.71. The van der Waals surface area contributed by atoms with E-state index in [4.69, 9.17) is 0 Å². The first-order valence-corrected chi connectivity index (χ1v) is 5.82. The molecule has 2 nitrogen and oxygen atoms in total. The predicted molar refractivity (Wildman–Crippen MR) is 48.4 cm³/mol. The van der Waals surface area contributed by atoms with E-state index in [1.165, 1.54) is 26.8 Å². The summed E-state index contributed by atoms with van der Waals surface area (Å²) in [6.45, 7) is 2.12. The minimum Gasteiger partial charge on any atom is -0.381 e. The van der Waals surface area contributed by atoms with Gasteiger partial charge in [-0.2, -0.15) is 0 Å². The van der Waals surface area contributed by atoms with Crippen molar-refractivity contribution in [2.75, 3.05) is 23.7 Å². The zero-order chi connectivity index (χ0) is 6.81. The Morgan fingerprint density at radius 2 is 2.20 bits per heavy atom. The molecule has 1 aliphatic heterocycles. The van der Waals surface area contributed by atoms with E-state index in [1.54, 1.807) is 0 Å². The Morgan fingerprint density at radius 3 is 3.10 bits per heavy atom. The molecule has 1 aliphatic rings. The first-order chi connectivity index (χ1) is 4.97. The van der Waals surface area contributed by atoms with Crippen LogP contribution in [0.3, 0.4) is 0 Å². The number of anilines is 2. The molecule has 0 saturated carbocycles. The Labute approximate surface area is 63.1 Å². The smallest absolute Gasteiger partial charge is 0.0899 e. The molecular formula is C6H8N2P2. The maximum atomic E-state index is 3.37. The van der Waals surface area contributed by atoms with Crippen LogP contribution in [0.5, 0.6) is 0 Å². The van der Waals surface area contributed by atoms with Gasteiger partial charge < -0.3 is 10.6 Å². The summed E-state index contributed by atoms with van der Waals surface area (Å²) in [5.41, 5.74) is 2.64. The zero-order valence-electron chi connectivity index (χ0n) is 5.46. The van der Waals surface area contributed by atoms with Crippen LogP contribution >= 0.6 is 15.7 Å². The normalized spacial score (nSPS) is 16.4. The van der Waals surface area contributed by atoms with Gasteiger partial charge in [-0.15, -0.1) is 0 Å². The molecule has 2 heterocycles. The molecular weight excluding hydrogens is 162 g/mol. The highest BCUT2D eigenvalue weighted by Gasteiger charge is 2.04. The van der Waals surface area contributed by atoms with E-state index in [-0.39, 0.29) is 0 Å². The fourth-order valence-electron chi connectivity index (χ4n) is 0.983. The summed E-state index contributed by atoms with van der Waals surface area (Å²) in [4.78, 5) is 0. The Balaban J connectivity index is 2.41. The van der Waals surface area contributed by atoms with Crippen LogP contribution in [-0.2, 0) is 0 Å². The number of rotatable bonds is 0. The van der Waals surface area contributed by atoms with Crippen molar-refractivity contribution in [2.24, 2.45) is 0 Å². The predicted octanol–water partition coefficient (Wildman–Crippen LogP) is 2.68. The fourth-order valence-corrected chi connectivity index (χ4v) is 3.11. The van der Waals surface area contributed by atoms with E-state index in [0.29, 0.717) is 0 Å². The lowest BCUT2D eigenvalue weighted by molar-refractivity contribution is 1.06. The van der Waals surface area contributed by atoms with Crippen LogP contribution in [0.4, 0.5) is 11.1 Å². The highest BCUT2D eigenvalue weighted by atomic mass is 31.8. The van der Waals surface area contributed by atoms with Crippen molar-refractivity contribution in [1.82, 2.24) is 0 Å². The molecule has 0 unspecified atom stereocenters. The van der Waals surface area contributed by atoms with Crippen LogP contribution in [0.15, 0.2) is 11.9 Å². The third-order valence-corrected chi connectivity index (χ3v) is 3.80. The van der Waals surface area contributed by atoms with Crippen LogP contribution in [-0.4, -0.2) is 13.1 Å². The molecule has 2 rings (SSSR count). The molecule has 0 radical (unpaired) electrons. The summed E-state index contributed by atoms with van der Waals surface area (Å²) in [6, 6.07) is 2.15. The molecule has 0 saturated heterocycles. The van der Waals surface area contributed by atoms with Crippen LogP contribution in [0.2, 0.25) is 0 Å². The van der Waals surface area contributed by atoms with Crippen LogP contribution in [0.1, 0.15) is 0 Å². The molecule has 4 heteroatoms. The second kappa shape index (κ2) is 2.74.